The van der Waals surface area contributed by atoms with E-state index in [1.165, 1.54) is 5.56 Å². The molecule has 0 aliphatic heterocycles. The first-order chi connectivity index (χ1) is 8.36. The van der Waals surface area contributed by atoms with Crippen LogP contribution in [-0.4, -0.2) is 10.9 Å². The molecule has 0 unspecified atom stereocenters. The lowest BCUT2D eigenvalue weighted by Gasteiger charge is -2.09. The fourth-order valence-electron chi connectivity index (χ4n) is 1.92. The van der Waals surface area contributed by atoms with Gasteiger partial charge in [-0.2, -0.15) is 0 Å². The normalized spacial score (nSPS) is 11.5. The fourth-order valence-corrected chi connectivity index (χ4v) is 1.92. The standard InChI is InChI=1S/C15H15NO/c1-2-12-8-6-7-11-14(12)15(16-17)13-9-4-3-5-10-13/h3-11,17H,2H2,1H3. The van der Waals surface area contributed by atoms with Crippen molar-refractivity contribution in [3.63, 3.8) is 0 Å². The van der Waals surface area contributed by atoms with Gasteiger partial charge in [0.05, 0.1) is 0 Å². The molecule has 1 N–H and O–H groups in total. The predicted octanol–water partition coefficient (Wildman–Crippen LogP) is 3.48. The minimum absolute atomic E-state index is 0.628. The average Bonchev–Trinajstić information content (AvgIpc) is 2.41. The summed E-state index contributed by atoms with van der Waals surface area (Å²) in [6, 6.07) is 17.7. The molecule has 0 aliphatic carbocycles. The molecule has 0 radical (unpaired) electrons. The van der Waals surface area contributed by atoms with Gasteiger partial charge in [-0.1, -0.05) is 66.7 Å². The molecule has 2 heteroatoms. The summed E-state index contributed by atoms with van der Waals surface area (Å²) < 4.78 is 0. The Morgan fingerprint density at radius 1 is 1.00 bits per heavy atom. The van der Waals surface area contributed by atoms with Gasteiger partial charge in [-0.25, -0.2) is 0 Å². The van der Waals surface area contributed by atoms with Crippen molar-refractivity contribution >= 4 is 5.71 Å². The first kappa shape index (κ1) is 11.4. The first-order valence-electron chi connectivity index (χ1n) is 5.72. The maximum Gasteiger partial charge on any atom is 0.117 e. The van der Waals surface area contributed by atoms with E-state index < -0.39 is 0 Å². The summed E-state index contributed by atoms with van der Waals surface area (Å²) in [7, 11) is 0. The number of benzene rings is 2. The Balaban J connectivity index is 2.51. The van der Waals surface area contributed by atoms with E-state index in [1.807, 2.05) is 48.5 Å². The predicted molar refractivity (Wildman–Crippen MR) is 69.7 cm³/mol. The van der Waals surface area contributed by atoms with E-state index in [4.69, 9.17) is 0 Å². The molecular weight excluding hydrogens is 210 g/mol. The molecule has 0 aromatic heterocycles. The molecule has 0 heterocycles. The molecule has 0 aliphatic rings. The minimum Gasteiger partial charge on any atom is -0.410 e. The van der Waals surface area contributed by atoms with E-state index in [9.17, 15) is 5.21 Å². The molecule has 0 bridgehead atoms. The SMILES string of the molecule is CCc1ccccc1C(=NO)c1ccccc1. The van der Waals surface area contributed by atoms with Crippen molar-refractivity contribution in [1.29, 1.82) is 0 Å². The lowest BCUT2D eigenvalue weighted by Crippen LogP contribution is -2.06. The molecule has 0 atom stereocenters. The molecule has 0 saturated carbocycles. The highest BCUT2D eigenvalue weighted by molar-refractivity contribution is 6.13. The third-order valence-electron chi connectivity index (χ3n) is 2.80. The van der Waals surface area contributed by atoms with Crippen LogP contribution in [-0.2, 0) is 6.42 Å². The summed E-state index contributed by atoms with van der Waals surface area (Å²) in [6.07, 6.45) is 0.919. The number of nitrogens with zero attached hydrogens (tertiary/aromatic N) is 1. The maximum absolute atomic E-state index is 9.24. The highest BCUT2D eigenvalue weighted by Gasteiger charge is 2.10. The van der Waals surface area contributed by atoms with Gasteiger partial charge in [-0.15, -0.1) is 0 Å². The van der Waals surface area contributed by atoms with E-state index in [-0.39, 0.29) is 0 Å². The summed E-state index contributed by atoms with van der Waals surface area (Å²) in [4.78, 5) is 0. The largest absolute Gasteiger partial charge is 0.410 e. The van der Waals surface area contributed by atoms with Crippen LogP contribution in [0.5, 0.6) is 0 Å². The van der Waals surface area contributed by atoms with E-state index in [0.29, 0.717) is 5.71 Å². The topological polar surface area (TPSA) is 32.6 Å². The van der Waals surface area contributed by atoms with Gasteiger partial charge in [0.1, 0.15) is 5.71 Å². The Hall–Kier alpha value is -2.09. The van der Waals surface area contributed by atoms with Crippen molar-refractivity contribution in [3.8, 4) is 0 Å². The molecule has 0 saturated heterocycles. The quantitative estimate of drug-likeness (QED) is 0.484. The van der Waals surface area contributed by atoms with Gasteiger partial charge in [0.2, 0.25) is 0 Å². The third-order valence-corrected chi connectivity index (χ3v) is 2.80. The minimum atomic E-state index is 0.628. The van der Waals surface area contributed by atoms with Crippen LogP contribution >= 0.6 is 0 Å². The Morgan fingerprint density at radius 3 is 2.29 bits per heavy atom. The summed E-state index contributed by atoms with van der Waals surface area (Å²) >= 11 is 0. The number of hydrogen-bond donors (Lipinski definition) is 1. The van der Waals surface area contributed by atoms with Gasteiger partial charge in [0.15, 0.2) is 0 Å². The van der Waals surface area contributed by atoms with Crippen LogP contribution in [0.25, 0.3) is 0 Å². The van der Waals surface area contributed by atoms with Gasteiger partial charge >= 0.3 is 0 Å². The van der Waals surface area contributed by atoms with Crippen LogP contribution in [0.4, 0.5) is 0 Å². The van der Waals surface area contributed by atoms with E-state index in [0.717, 1.165) is 17.5 Å². The van der Waals surface area contributed by atoms with Crippen LogP contribution in [0.3, 0.4) is 0 Å². The molecule has 0 fully saturated rings. The lowest BCUT2D eigenvalue weighted by atomic mass is 9.96. The molecule has 2 rings (SSSR count). The molecule has 0 spiro atoms. The van der Waals surface area contributed by atoms with E-state index in [2.05, 4.69) is 18.1 Å². The van der Waals surface area contributed by atoms with Crippen molar-refractivity contribution in [2.75, 3.05) is 0 Å². The zero-order chi connectivity index (χ0) is 12.1. The summed E-state index contributed by atoms with van der Waals surface area (Å²) in [5, 5.41) is 12.7. The van der Waals surface area contributed by atoms with Crippen LogP contribution < -0.4 is 0 Å². The molecule has 2 aromatic rings. The molecule has 2 nitrogen and oxygen atoms in total. The fraction of sp³-hybridized carbons (Fsp3) is 0.133. The number of oxime groups is 1. The van der Waals surface area contributed by atoms with Gasteiger partial charge < -0.3 is 5.21 Å². The highest BCUT2D eigenvalue weighted by Crippen LogP contribution is 2.15. The molecule has 0 amide bonds. The summed E-state index contributed by atoms with van der Waals surface area (Å²) in [5.74, 6) is 0. The monoisotopic (exact) mass is 225 g/mol. The van der Waals surface area contributed by atoms with Crippen LogP contribution in [0.15, 0.2) is 59.8 Å². The van der Waals surface area contributed by atoms with E-state index in [1.54, 1.807) is 0 Å². The second-order valence-electron chi connectivity index (χ2n) is 3.83. The highest BCUT2D eigenvalue weighted by atomic mass is 16.4. The van der Waals surface area contributed by atoms with Crippen molar-refractivity contribution in [2.24, 2.45) is 5.16 Å². The Kier molecular flexibility index (Phi) is 3.55. The zero-order valence-electron chi connectivity index (χ0n) is 9.80. The third kappa shape index (κ3) is 2.36. The van der Waals surface area contributed by atoms with Crippen molar-refractivity contribution in [3.05, 3.63) is 71.3 Å². The van der Waals surface area contributed by atoms with Gasteiger partial charge in [-0.3, -0.25) is 0 Å². The Morgan fingerprint density at radius 2 is 1.65 bits per heavy atom. The van der Waals surface area contributed by atoms with Crippen molar-refractivity contribution < 1.29 is 5.21 Å². The molecule has 86 valence electrons. The number of hydrogen-bond acceptors (Lipinski definition) is 2. The zero-order valence-corrected chi connectivity index (χ0v) is 9.80. The average molecular weight is 225 g/mol. The van der Waals surface area contributed by atoms with Crippen LogP contribution in [0, 0.1) is 0 Å². The number of aryl methyl sites for hydroxylation is 1. The summed E-state index contributed by atoms with van der Waals surface area (Å²) in [5.41, 5.74) is 3.73. The second kappa shape index (κ2) is 5.30. The molecule has 2 aromatic carbocycles. The maximum atomic E-state index is 9.24. The molecular formula is C15H15NO. The lowest BCUT2D eigenvalue weighted by molar-refractivity contribution is 0.319. The number of rotatable bonds is 3. The molecule has 17 heavy (non-hydrogen) atoms. The van der Waals surface area contributed by atoms with E-state index >= 15 is 0 Å². The van der Waals surface area contributed by atoms with Gasteiger partial charge in [0, 0.05) is 11.1 Å². The van der Waals surface area contributed by atoms with Crippen molar-refractivity contribution in [1.82, 2.24) is 0 Å². The van der Waals surface area contributed by atoms with Crippen LogP contribution in [0.1, 0.15) is 23.6 Å². The second-order valence-corrected chi connectivity index (χ2v) is 3.83. The Bertz CT molecular complexity index is 517. The Labute approximate surface area is 101 Å². The smallest absolute Gasteiger partial charge is 0.117 e. The van der Waals surface area contributed by atoms with Crippen LogP contribution in [0.2, 0.25) is 0 Å². The van der Waals surface area contributed by atoms with Gasteiger partial charge in [-0.05, 0) is 12.0 Å². The van der Waals surface area contributed by atoms with Crippen molar-refractivity contribution in [2.45, 2.75) is 13.3 Å². The summed E-state index contributed by atoms with van der Waals surface area (Å²) in [6.45, 7) is 2.10. The van der Waals surface area contributed by atoms with Gasteiger partial charge in [0.25, 0.3) is 0 Å². The first-order valence-corrected chi connectivity index (χ1v) is 5.72.